The van der Waals surface area contributed by atoms with Crippen LogP contribution in [0.4, 0.5) is 0 Å². The SMILES string of the molecule is COc1ccccc1C(=O)CSc1nnc(-c2ccccc2)n1Cc1ccc2c(c1)OCO2. The molecule has 0 radical (unpaired) electrons. The third-order valence-corrected chi connectivity index (χ3v) is 6.23. The predicted octanol–water partition coefficient (Wildman–Crippen LogP) is 4.71. The number of hydrogen-bond acceptors (Lipinski definition) is 7. The molecule has 33 heavy (non-hydrogen) atoms. The van der Waals surface area contributed by atoms with Gasteiger partial charge in [-0.2, -0.15) is 0 Å². The summed E-state index contributed by atoms with van der Waals surface area (Å²) in [5.74, 6) is 2.95. The van der Waals surface area contributed by atoms with Crippen molar-refractivity contribution < 1.29 is 19.0 Å². The number of para-hydroxylation sites is 1. The van der Waals surface area contributed by atoms with Gasteiger partial charge in [-0.3, -0.25) is 9.36 Å². The van der Waals surface area contributed by atoms with E-state index in [0.29, 0.717) is 23.0 Å². The molecule has 7 nitrogen and oxygen atoms in total. The summed E-state index contributed by atoms with van der Waals surface area (Å²) in [5.41, 5.74) is 2.53. The average molecular weight is 460 g/mol. The lowest BCUT2D eigenvalue weighted by molar-refractivity contribution is 0.101. The Morgan fingerprint density at radius 2 is 1.79 bits per heavy atom. The third kappa shape index (κ3) is 4.42. The van der Waals surface area contributed by atoms with Crippen LogP contribution in [0.3, 0.4) is 0 Å². The van der Waals surface area contributed by atoms with Gasteiger partial charge in [0.2, 0.25) is 6.79 Å². The Labute approximate surface area is 195 Å². The molecular formula is C25H21N3O4S. The fourth-order valence-electron chi connectivity index (χ4n) is 3.64. The van der Waals surface area contributed by atoms with Gasteiger partial charge in [0.15, 0.2) is 28.3 Å². The van der Waals surface area contributed by atoms with Gasteiger partial charge in [-0.25, -0.2) is 0 Å². The number of hydrogen-bond donors (Lipinski definition) is 0. The van der Waals surface area contributed by atoms with Crippen molar-refractivity contribution in [1.82, 2.24) is 14.8 Å². The van der Waals surface area contributed by atoms with Gasteiger partial charge in [-0.15, -0.1) is 10.2 Å². The van der Waals surface area contributed by atoms with E-state index in [9.17, 15) is 4.79 Å². The minimum absolute atomic E-state index is 0.0312. The molecule has 1 aromatic heterocycles. The van der Waals surface area contributed by atoms with Crippen molar-refractivity contribution in [1.29, 1.82) is 0 Å². The average Bonchev–Trinajstić information content (AvgIpc) is 3.49. The highest BCUT2D eigenvalue weighted by atomic mass is 32.2. The van der Waals surface area contributed by atoms with Crippen LogP contribution in [0, 0.1) is 0 Å². The first kappa shape index (κ1) is 21.1. The predicted molar refractivity (Wildman–Crippen MR) is 125 cm³/mol. The molecule has 5 rings (SSSR count). The number of methoxy groups -OCH3 is 1. The van der Waals surface area contributed by atoms with E-state index in [4.69, 9.17) is 14.2 Å². The van der Waals surface area contributed by atoms with Gasteiger partial charge < -0.3 is 14.2 Å². The van der Waals surface area contributed by atoms with Crippen LogP contribution in [0.1, 0.15) is 15.9 Å². The van der Waals surface area contributed by atoms with Crippen LogP contribution in [0.2, 0.25) is 0 Å². The maximum atomic E-state index is 12.9. The second-order valence-electron chi connectivity index (χ2n) is 7.36. The van der Waals surface area contributed by atoms with Gasteiger partial charge in [-0.1, -0.05) is 60.3 Å². The number of fused-ring (bicyclic) bond motifs is 1. The van der Waals surface area contributed by atoms with E-state index in [1.54, 1.807) is 19.2 Å². The number of rotatable bonds is 8. The Kier molecular flexibility index (Phi) is 5.99. The standard InChI is InChI=1S/C25H21N3O4S/c1-30-21-10-6-5-9-19(21)20(29)15-33-25-27-26-24(18-7-3-2-4-8-18)28(25)14-17-11-12-22-23(13-17)32-16-31-22/h2-13H,14-16H2,1H3. The van der Waals surface area contributed by atoms with Gasteiger partial charge >= 0.3 is 0 Å². The van der Waals surface area contributed by atoms with Crippen LogP contribution < -0.4 is 14.2 Å². The van der Waals surface area contributed by atoms with Crippen LogP contribution in [0.15, 0.2) is 78.0 Å². The molecule has 0 spiro atoms. The lowest BCUT2D eigenvalue weighted by atomic mass is 10.1. The van der Waals surface area contributed by atoms with E-state index in [2.05, 4.69) is 10.2 Å². The fourth-order valence-corrected chi connectivity index (χ4v) is 4.46. The van der Waals surface area contributed by atoms with E-state index >= 15 is 0 Å². The molecule has 4 aromatic rings. The molecule has 0 atom stereocenters. The summed E-state index contributed by atoms with van der Waals surface area (Å²) in [7, 11) is 1.56. The molecule has 0 amide bonds. The van der Waals surface area contributed by atoms with E-state index in [-0.39, 0.29) is 18.3 Å². The lowest BCUT2D eigenvalue weighted by Crippen LogP contribution is -2.08. The number of carbonyl (C=O) groups excluding carboxylic acids is 1. The number of nitrogens with zero attached hydrogens (tertiary/aromatic N) is 3. The molecule has 8 heteroatoms. The van der Waals surface area contributed by atoms with Gasteiger partial charge in [0.25, 0.3) is 0 Å². The van der Waals surface area contributed by atoms with Crippen LogP contribution in [0.25, 0.3) is 11.4 Å². The van der Waals surface area contributed by atoms with E-state index in [1.807, 2.05) is 65.2 Å². The number of carbonyl (C=O) groups is 1. The topological polar surface area (TPSA) is 75.5 Å². The number of ketones is 1. The summed E-state index contributed by atoms with van der Waals surface area (Å²) in [6, 6.07) is 23.0. The quantitative estimate of drug-likeness (QED) is 0.279. The molecule has 0 aliphatic carbocycles. The van der Waals surface area contributed by atoms with E-state index in [1.165, 1.54) is 11.8 Å². The Morgan fingerprint density at radius 3 is 2.64 bits per heavy atom. The van der Waals surface area contributed by atoms with Crippen molar-refractivity contribution in [3.63, 3.8) is 0 Å². The Balaban J connectivity index is 1.43. The molecule has 2 heterocycles. The molecule has 0 N–H and O–H groups in total. The molecule has 0 saturated heterocycles. The van der Waals surface area contributed by atoms with Gasteiger partial charge in [-0.05, 0) is 29.8 Å². The van der Waals surface area contributed by atoms with Gasteiger partial charge in [0.05, 0.1) is 25.0 Å². The number of aromatic nitrogens is 3. The van der Waals surface area contributed by atoms with Crippen molar-refractivity contribution >= 4 is 17.5 Å². The number of thioether (sulfide) groups is 1. The van der Waals surface area contributed by atoms with Crippen molar-refractivity contribution in [2.75, 3.05) is 19.7 Å². The summed E-state index contributed by atoms with van der Waals surface area (Å²) in [6.45, 7) is 0.756. The molecule has 0 fully saturated rings. The lowest BCUT2D eigenvalue weighted by Gasteiger charge is -2.11. The first-order chi connectivity index (χ1) is 16.2. The molecule has 0 saturated carbocycles. The van der Waals surface area contributed by atoms with Crippen molar-refractivity contribution in [2.45, 2.75) is 11.7 Å². The first-order valence-corrected chi connectivity index (χ1v) is 11.4. The molecule has 0 bridgehead atoms. The maximum absolute atomic E-state index is 12.9. The summed E-state index contributed by atoms with van der Waals surface area (Å²) < 4.78 is 18.3. The normalized spacial score (nSPS) is 12.0. The second-order valence-corrected chi connectivity index (χ2v) is 8.30. The maximum Gasteiger partial charge on any atom is 0.231 e. The van der Waals surface area contributed by atoms with Crippen LogP contribution in [-0.4, -0.2) is 40.2 Å². The highest BCUT2D eigenvalue weighted by molar-refractivity contribution is 7.99. The van der Waals surface area contributed by atoms with Crippen molar-refractivity contribution in [3.8, 4) is 28.6 Å². The molecule has 0 unspecified atom stereocenters. The molecular weight excluding hydrogens is 438 g/mol. The third-order valence-electron chi connectivity index (χ3n) is 5.27. The smallest absolute Gasteiger partial charge is 0.231 e. The minimum Gasteiger partial charge on any atom is -0.496 e. The van der Waals surface area contributed by atoms with Gasteiger partial charge in [0.1, 0.15) is 5.75 Å². The molecule has 166 valence electrons. The zero-order valence-electron chi connectivity index (χ0n) is 17.9. The van der Waals surface area contributed by atoms with E-state index < -0.39 is 0 Å². The second kappa shape index (κ2) is 9.38. The first-order valence-electron chi connectivity index (χ1n) is 10.4. The summed E-state index contributed by atoms with van der Waals surface area (Å²) in [4.78, 5) is 12.9. The fraction of sp³-hybridized carbons (Fsp3) is 0.160. The van der Waals surface area contributed by atoms with Crippen LogP contribution >= 0.6 is 11.8 Å². The highest BCUT2D eigenvalue weighted by Gasteiger charge is 2.19. The number of Topliss-reactive ketones (excluding diaryl/α,β-unsaturated/α-hetero) is 1. The van der Waals surface area contributed by atoms with Crippen LogP contribution in [-0.2, 0) is 6.54 Å². The summed E-state index contributed by atoms with van der Waals surface area (Å²) >= 11 is 1.36. The van der Waals surface area contributed by atoms with Crippen molar-refractivity contribution in [3.05, 3.63) is 83.9 Å². The largest absolute Gasteiger partial charge is 0.496 e. The highest BCUT2D eigenvalue weighted by Crippen LogP contribution is 2.34. The number of benzene rings is 3. The Bertz CT molecular complexity index is 1290. The number of ether oxygens (including phenoxy) is 3. The van der Waals surface area contributed by atoms with E-state index in [0.717, 1.165) is 28.5 Å². The summed E-state index contributed by atoms with van der Waals surface area (Å²) in [5, 5.41) is 9.51. The van der Waals surface area contributed by atoms with Crippen LogP contribution in [0.5, 0.6) is 17.2 Å². The Morgan fingerprint density at radius 1 is 1.00 bits per heavy atom. The zero-order chi connectivity index (χ0) is 22.6. The zero-order valence-corrected chi connectivity index (χ0v) is 18.7. The molecule has 1 aliphatic heterocycles. The molecule has 3 aromatic carbocycles. The van der Waals surface area contributed by atoms with Gasteiger partial charge in [0, 0.05) is 5.56 Å². The summed E-state index contributed by atoms with van der Waals surface area (Å²) in [6.07, 6.45) is 0. The molecule has 1 aliphatic rings. The monoisotopic (exact) mass is 459 g/mol. The minimum atomic E-state index is -0.0312. The Hall–Kier alpha value is -3.78. The van der Waals surface area contributed by atoms with Crippen molar-refractivity contribution in [2.24, 2.45) is 0 Å².